The highest BCUT2D eigenvalue weighted by Crippen LogP contribution is 2.22. The summed E-state index contributed by atoms with van der Waals surface area (Å²) in [6, 6.07) is 0.0205. The summed E-state index contributed by atoms with van der Waals surface area (Å²) in [5, 5.41) is 4.34. The van der Waals surface area contributed by atoms with Gasteiger partial charge in [0.15, 0.2) is 0 Å². The number of halogens is 1. The number of rotatable bonds is 4. The van der Waals surface area contributed by atoms with Gasteiger partial charge in [-0.1, -0.05) is 0 Å². The van der Waals surface area contributed by atoms with E-state index in [9.17, 15) is 0 Å². The minimum atomic E-state index is 0.0205. The van der Waals surface area contributed by atoms with E-state index < -0.39 is 0 Å². The number of hydrogen-bond acceptors (Lipinski definition) is 7. The van der Waals surface area contributed by atoms with Crippen LogP contribution in [0.5, 0.6) is 0 Å². The van der Waals surface area contributed by atoms with Crippen molar-refractivity contribution in [1.29, 1.82) is 0 Å². The molecule has 0 fully saturated rings. The number of nitrogens with zero attached hydrogens (tertiary/aromatic N) is 5. The van der Waals surface area contributed by atoms with Gasteiger partial charge >= 0.3 is 0 Å². The van der Waals surface area contributed by atoms with Crippen molar-refractivity contribution in [3.63, 3.8) is 0 Å². The predicted molar refractivity (Wildman–Crippen MR) is 78.1 cm³/mol. The molecule has 0 aliphatic heterocycles. The molecule has 102 valence electrons. The topological polar surface area (TPSA) is 66.8 Å². The zero-order valence-electron chi connectivity index (χ0n) is 11.2. The van der Waals surface area contributed by atoms with Crippen molar-refractivity contribution in [2.45, 2.75) is 19.9 Å². The molecule has 0 aliphatic carbocycles. The van der Waals surface area contributed by atoms with E-state index in [0.717, 1.165) is 5.01 Å². The molecular weight excluding hydrogens is 284 g/mol. The Morgan fingerprint density at radius 3 is 2.63 bits per heavy atom. The van der Waals surface area contributed by atoms with E-state index >= 15 is 0 Å². The Balaban J connectivity index is 2.18. The van der Waals surface area contributed by atoms with Crippen LogP contribution >= 0.6 is 22.9 Å². The van der Waals surface area contributed by atoms with Crippen LogP contribution in [-0.4, -0.2) is 34.0 Å². The summed E-state index contributed by atoms with van der Waals surface area (Å²) in [5.41, 5.74) is 0. The smallest absolute Gasteiger partial charge is 0.230 e. The van der Waals surface area contributed by atoms with Gasteiger partial charge in [0.2, 0.25) is 17.2 Å². The van der Waals surface area contributed by atoms with E-state index in [1.54, 1.807) is 16.2 Å². The molecule has 1 unspecified atom stereocenters. The highest BCUT2D eigenvalue weighted by molar-refractivity contribution is 7.11. The van der Waals surface area contributed by atoms with E-state index in [1.165, 1.54) is 4.88 Å². The predicted octanol–water partition coefficient (Wildman–Crippen LogP) is 2.53. The first kappa shape index (κ1) is 14.0. The SMILES string of the molecule is Cc1cnc(C(C)Nc2nc(Cl)nc(N(C)C)n2)s1. The first-order chi connectivity index (χ1) is 8.95. The maximum absolute atomic E-state index is 5.89. The summed E-state index contributed by atoms with van der Waals surface area (Å²) in [6.45, 7) is 4.03. The summed E-state index contributed by atoms with van der Waals surface area (Å²) < 4.78 is 0. The number of aryl methyl sites for hydroxylation is 1. The van der Waals surface area contributed by atoms with Crippen LogP contribution in [0, 0.1) is 6.92 Å². The first-order valence-electron chi connectivity index (χ1n) is 5.73. The van der Waals surface area contributed by atoms with Crippen LogP contribution in [0.1, 0.15) is 22.9 Å². The fourth-order valence-electron chi connectivity index (χ4n) is 1.43. The molecule has 2 rings (SSSR count). The van der Waals surface area contributed by atoms with E-state index in [2.05, 4.69) is 25.3 Å². The van der Waals surface area contributed by atoms with Gasteiger partial charge in [-0.15, -0.1) is 11.3 Å². The van der Waals surface area contributed by atoms with Crippen LogP contribution in [-0.2, 0) is 0 Å². The Morgan fingerprint density at radius 1 is 1.32 bits per heavy atom. The van der Waals surface area contributed by atoms with Gasteiger partial charge in [-0.2, -0.15) is 15.0 Å². The van der Waals surface area contributed by atoms with Gasteiger partial charge in [0.05, 0.1) is 6.04 Å². The van der Waals surface area contributed by atoms with Gasteiger partial charge < -0.3 is 10.2 Å². The lowest BCUT2D eigenvalue weighted by Crippen LogP contribution is -2.16. The Labute approximate surface area is 120 Å². The second-order valence-corrected chi connectivity index (χ2v) is 5.90. The molecule has 0 amide bonds. The second kappa shape index (κ2) is 5.66. The minimum absolute atomic E-state index is 0.0205. The van der Waals surface area contributed by atoms with Gasteiger partial charge in [-0.3, -0.25) is 0 Å². The normalized spacial score (nSPS) is 12.3. The molecule has 6 nitrogen and oxygen atoms in total. The zero-order valence-corrected chi connectivity index (χ0v) is 12.7. The summed E-state index contributed by atoms with van der Waals surface area (Å²) in [7, 11) is 3.70. The Morgan fingerprint density at radius 2 is 2.05 bits per heavy atom. The van der Waals surface area contributed by atoms with Gasteiger partial charge in [0.1, 0.15) is 5.01 Å². The zero-order chi connectivity index (χ0) is 14.0. The molecule has 1 N–H and O–H groups in total. The fourth-order valence-corrected chi connectivity index (χ4v) is 2.36. The Hall–Kier alpha value is -1.47. The molecule has 0 spiro atoms. The third kappa shape index (κ3) is 3.51. The van der Waals surface area contributed by atoms with E-state index in [4.69, 9.17) is 11.6 Å². The van der Waals surface area contributed by atoms with Gasteiger partial charge in [0.25, 0.3) is 0 Å². The molecule has 8 heteroatoms. The molecule has 2 aromatic heterocycles. The number of aromatic nitrogens is 4. The number of anilines is 2. The molecular formula is C11H15ClN6S. The molecule has 0 saturated heterocycles. The largest absolute Gasteiger partial charge is 0.347 e. The molecule has 0 aromatic carbocycles. The summed E-state index contributed by atoms with van der Waals surface area (Å²) in [4.78, 5) is 19.7. The summed E-state index contributed by atoms with van der Waals surface area (Å²) >= 11 is 7.53. The van der Waals surface area contributed by atoms with Gasteiger partial charge in [-0.05, 0) is 25.4 Å². The minimum Gasteiger partial charge on any atom is -0.347 e. The van der Waals surface area contributed by atoms with Crippen LogP contribution < -0.4 is 10.2 Å². The van der Waals surface area contributed by atoms with Crippen molar-refractivity contribution in [2.24, 2.45) is 0 Å². The van der Waals surface area contributed by atoms with E-state index in [1.807, 2.05) is 34.1 Å². The third-order valence-corrected chi connectivity index (χ3v) is 3.62. The Bertz CT molecular complexity index is 570. The maximum Gasteiger partial charge on any atom is 0.230 e. The highest BCUT2D eigenvalue weighted by atomic mass is 35.5. The van der Waals surface area contributed by atoms with Crippen molar-refractivity contribution in [3.05, 3.63) is 21.4 Å². The molecule has 1 atom stereocenters. The van der Waals surface area contributed by atoms with Crippen LogP contribution in [0.4, 0.5) is 11.9 Å². The maximum atomic E-state index is 5.89. The molecule has 0 aliphatic rings. The van der Waals surface area contributed by atoms with Crippen molar-refractivity contribution >= 4 is 34.8 Å². The van der Waals surface area contributed by atoms with Crippen molar-refractivity contribution in [3.8, 4) is 0 Å². The van der Waals surface area contributed by atoms with Crippen molar-refractivity contribution in [1.82, 2.24) is 19.9 Å². The van der Waals surface area contributed by atoms with E-state index in [-0.39, 0.29) is 11.3 Å². The summed E-state index contributed by atoms with van der Waals surface area (Å²) in [5.74, 6) is 0.967. The van der Waals surface area contributed by atoms with Crippen LogP contribution in [0.3, 0.4) is 0 Å². The summed E-state index contributed by atoms with van der Waals surface area (Å²) in [6.07, 6.45) is 1.85. The molecule has 0 bridgehead atoms. The molecule has 0 saturated carbocycles. The van der Waals surface area contributed by atoms with Gasteiger partial charge in [0, 0.05) is 25.2 Å². The standard InChI is InChI=1S/C11H15ClN6S/c1-6-5-13-8(19-6)7(2)14-10-15-9(12)16-11(17-10)18(3)4/h5,7H,1-4H3,(H,14,15,16,17). The third-order valence-electron chi connectivity index (χ3n) is 2.35. The average molecular weight is 299 g/mol. The monoisotopic (exact) mass is 298 g/mol. The first-order valence-corrected chi connectivity index (χ1v) is 6.93. The average Bonchev–Trinajstić information content (AvgIpc) is 2.75. The van der Waals surface area contributed by atoms with Crippen LogP contribution in [0.25, 0.3) is 0 Å². The number of hydrogen-bond donors (Lipinski definition) is 1. The van der Waals surface area contributed by atoms with Crippen molar-refractivity contribution < 1.29 is 0 Å². The number of nitrogens with one attached hydrogen (secondary N) is 1. The highest BCUT2D eigenvalue weighted by Gasteiger charge is 2.13. The van der Waals surface area contributed by atoms with Crippen LogP contribution in [0.15, 0.2) is 6.20 Å². The molecule has 2 aromatic rings. The van der Waals surface area contributed by atoms with Crippen molar-refractivity contribution in [2.75, 3.05) is 24.3 Å². The van der Waals surface area contributed by atoms with Crippen LogP contribution in [0.2, 0.25) is 5.28 Å². The molecule has 19 heavy (non-hydrogen) atoms. The fraction of sp³-hybridized carbons (Fsp3) is 0.455. The van der Waals surface area contributed by atoms with E-state index in [0.29, 0.717) is 11.9 Å². The second-order valence-electron chi connectivity index (χ2n) is 4.30. The lowest BCUT2D eigenvalue weighted by Gasteiger charge is -2.14. The van der Waals surface area contributed by atoms with Gasteiger partial charge in [-0.25, -0.2) is 4.98 Å². The Kier molecular flexibility index (Phi) is 4.16. The molecule has 0 radical (unpaired) electrons. The molecule has 2 heterocycles. The lowest BCUT2D eigenvalue weighted by molar-refractivity contribution is 0.837. The quantitative estimate of drug-likeness (QED) is 0.935. The lowest BCUT2D eigenvalue weighted by atomic mass is 10.4. The number of thiazole rings is 1.